The van der Waals surface area contributed by atoms with Crippen molar-refractivity contribution in [2.75, 3.05) is 26.2 Å². The summed E-state index contributed by atoms with van der Waals surface area (Å²) >= 11 is 0. The molecule has 1 aliphatic heterocycles. The lowest BCUT2D eigenvalue weighted by molar-refractivity contribution is 0.0655. The number of rotatable bonds is 8. The minimum Gasteiger partial charge on any atom is -0.450 e. The molecule has 2 aromatic carbocycles. The number of carbonyl (C=O) groups excluding carboxylic acids is 4. The summed E-state index contributed by atoms with van der Waals surface area (Å²) in [6, 6.07) is 14.1. The zero-order valence-electron chi connectivity index (χ0n) is 16.6. The Hall–Kier alpha value is -3.68. The number of nitrogens with zero attached hydrogens (tertiary/aromatic N) is 1. The van der Waals surface area contributed by atoms with Crippen LogP contribution in [0.5, 0.6) is 0 Å². The van der Waals surface area contributed by atoms with Crippen molar-refractivity contribution < 1.29 is 23.9 Å². The molecule has 0 fully saturated rings. The number of benzene rings is 2. The quantitative estimate of drug-likeness (QED) is 0.513. The van der Waals surface area contributed by atoms with E-state index in [0.717, 1.165) is 5.56 Å². The van der Waals surface area contributed by atoms with E-state index >= 15 is 0 Å². The molecule has 30 heavy (non-hydrogen) atoms. The fourth-order valence-corrected chi connectivity index (χ4v) is 3.15. The molecule has 2 aromatic rings. The summed E-state index contributed by atoms with van der Waals surface area (Å²) in [5.74, 6) is -1.15. The first-order valence-corrected chi connectivity index (χ1v) is 9.74. The fraction of sp³-hybridized carbons (Fsp3) is 0.273. The molecule has 0 radical (unpaired) electrons. The van der Waals surface area contributed by atoms with Crippen LogP contribution in [-0.4, -0.2) is 55.0 Å². The Labute approximate surface area is 174 Å². The third kappa shape index (κ3) is 4.83. The Morgan fingerprint density at radius 2 is 1.63 bits per heavy atom. The molecule has 0 unspecified atom stereocenters. The number of alkyl carbamates (subject to hydrolysis) is 1. The molecule has 156 valence electrons. The average molecular weight is 409 g/mol. The van der Waals surface area contributed by atoms with Gasteiger partial charge in [-0.3, -0.25) is 19.3 Å². The number of hydrogen-bond donors (Lipinski definition) is 2. The van der Waals surface area contributed by atoms with Gasteiger partial charge in [0, 0.05) is 25.2 Å². The molecule has 3 rings (SSSR count). The van der Waals surface area contributed by atoms with Crippen molar-refractivity contribution in [3.63, 3.8) is 0 Å². The lowest BCUT2D eigenvalue weighted by atomic mass is 10.1. The molecule has 1 heterocycles. The van der Waals surface area contributed by atoms with E-state index in [1.54, 1.807) is 6.92 Å². The highest BCUT2D eigenvalue weighted by Crippen LogP contribution is 2.24. The first-order chi connectivity index (χ1) is 14.5. The van der Waals surface area contributed by atoms with Gasteiger partial charge >= 0.3 is 6.09 Å². The highest BCUT2D eigenvalue weighted by Gasteiger charge is 2.35. The van der Waals surface area contributed by atoms with Gasteiger partial charge in [0.1, 0.15) is 0 Å². The Balaban J connectivity index is 1.59. The molecule has 0 atom stereocenters. The third-order valence-electron chi connectivity index (χ3n) is 4.66. The van der Waals surface area contributed by atoms with Crippen LogP contribution in [-0.2, 0) is 11.2 Å². The largest absolute Gasteiger partial charge is 0.450 e. The smallest absolute Gasteiger partial charge is 0.407 e. The van der Waals surface area contributed by atoms with E-state index in [2.05, 4.69) is 10.6 Å². The summed E-state index contributed by atoms with van der Waals surface area (Å²) in [7, 11) is 0. The Morgan fingerprint density at radius 1 is 0.933 bits per heavy atom. The number of nitrogens with one attached hydrogen (secondary N) is 2. The molecule has 0 bridgehead atoms. The second-order valence-corrected chi connectivity index (χ2v) is 6.66. The highest BCUT2D eigenvalue weighted by atomic mass is 16.5. The van der Waals surface area contributed by atoms with Crippen LogP contribution >= 0.6 is 0 Å². The van der Waals surface area contributed by atoms with Crippen LogP contribution in [0.4, 0.5) is 4.79 Å². The fourth-order valence-electron chi connectivity index (χ4n) is 3.15. The van der Waals surface area contributed by atoms with Crippen molar-refractivity contribution in [1.82, 2.24) is 15.5 Å². The number of ether oxygens (including phenoxy) is 1. The van der Waals surface area contributed by atoms with Crippen molar-refractivity contribution in [2.45, 2.75) is 13.3 Å². The lowest BCUT2D eigenvalue weighted by Gasteiger charge is -2.13. The van der Waals surface area contributed by atoms with Crippen LogP contribution in [0, 0.1) is 0 Å². The van der Waals surface area contributed by atoms with E-state index in [4.69, 9.17) is 4.74 Å². The van der Waals surface area contributed by atoms with Crippen molar-refractivity contribution >= 4 is 23.8 Å². The van der Waals surface area contributed by atoms with E-state index in [-0.39, 0.29) is 43.3 Å². The van der Waals surface area contributed by atoms with Gasteiger partial charge in [0.2, 0.25) is 0 Å². The minimum absolute atomic E-state index is 0.199. The monoisotopic (exact) mass is 409 g/mol. The van der Waals surface area contributed by atoms with E-state index in [1.807, 2.05) is 30.3 Å². The van der Waals surface area contributed by atoms with Crippen molar-refractivity contribution in [3.8, 4) is 0 Å². The first-order valence-electron chi connectivity index (χ1n) is 9.74. The summed E-state index contributed by atoms with van der Waals surface area (Å²) in [5.41, 5.74) is 1.83. The molecule has 0 saturated heterocycles. The number of hydrogen-bond acceptors (Lipinski definition) is 5. The van der Waals surface area contributed by atoms with Gasteiger partial charge in [0.25, 0.3) is 17.7 Å². The van der Waals surface area contributed by atoms with Gasteiger partial charge in [0.05, 0.1) is 17.7 Å². The van der Waals surface area contributed by atoms with Gasteiger partial charge in [-0.25, -0.2) is 4.79 Å². The zero-order chi connectivity index (χ0) is 21.5. The SMILES string of the molecule is CCOC(=O)NCCNC(=O)c1ccc2c(c1)C(=O)N(CCc1ccccc1)C2=O. The number of fused-ring (bicyclic) bond motifs is 1. The summed E-state index contributed by atoms with van der Waals surface area (Å²) in [5, 5.41) is 5.15. The molecule has 0 aromatic heterocycles. The molecule has 4 amide bonds. The molecule has 0 spiro atoms. The number of imide groups is 1. The number of carbonyl (C=O) groups is 4. The average Bonchev–Trinajstić information content (AvgIpc) is 3.00. The molecule has 1 aliphatic rings. The second-order valence-electron chi connectivity index (χ2n) is 6.66. The second kappa shape index (κ2) is 9.69. The summed E-state index contributed by atoms with van der Waals surface area (Å²) in [6.07, 6.45) is 0.0107. The topological polar surface area (TPSA) is 105 Å². The van der Waals surface area contributed by atoms with Gasteiger partial charge in [0.15, 0.2) is 0 Å². The van der Waals surface area contributed by atoms with Crippen LogP contribution in [0.3, 0.4) is 0 Å². The van der Waals surface area contributed by atoms with E-state index in [0.29, 0.717) is 12.0 Å². The predicted molar refractivity (Wildman–Crippen MR) is 109 cm³/mol. The van der Waals surface area contributed by atoms with Crippen molar-refractivity contribution in [1.29, 1.82) is 0 Å². The summed E-state index contributed by atoms with van der Waals surface area (Å²) < 4.78 is 4.73. The molecule has 8 heteroatoms. The maximum Gasteiger partial charge on any atom is 0.407 e. The molecule has 0 saturated carbocycles. The molecule has 0 aliphatic carbocycles. The van der Waals surface area contributed by atoms with Gasteiger partial charge < -0.3 is 15.4 Å². The predicted octanol–water partition coefficient (Wildman–Crippen LogP) is 2.00. The Kier molecular flexibility index (Phi) is 6.79. The van der Waals surface area contributed by atoms with E-state index in [9.17, 15) is 19.2 Å². The van der Waals surface area contributed by atoms with Gasteiger partial charge in [-0.05, 0) is 37.1 Å². The Morgan fingerprint density at radius 3 is 2.37 bits per heavy atom. The van der Waals surface area contributed by atoms with Gasteiger partial charge in [-0.2, -0.15) is 0 Å². The van der Waals surface area contributed by atoms with Crippen LogP contribution < -0.4 is 10.6 Å². The molecule has 8 nitrogen and oxygen atoms in total. The highest BCUT2D eigenvalue weighted by molar-refractivity contribution is 6.22. The zero-order valence-corrected chi connectivity index (χ0v) is 16.6. The lowest BCUT2D eigenvalue weighted by Crippen LogP contribution is -2.35. The van der Waals surface area contributed by atoms with E-state index in [1.165, 1.54) is 23.1 Å². The number of amides is 4. The van der Waals surface area contributed by atoms with Crippen molar-refractivity contribution in [3.05, 3.63) is 70.8 Å². The standard InChI is InChI=1S/C22H23N3O5/c1-2-30-22(29)24-12-11-23-19(26)16-8-9-17-18(14-16)21(28)25(20(17)27)13-10-15-6-4-3-5-7-15/h3-9,14H,2,10-13H2,1H3,(H,23,26)(H,24,29). The van der Waals surface area contributed by atoms with Crippen LogP contribution in [0.25, 0.3) is 0 Å². The maximum absolute atomic E-state index is 12.7. The molecular weight excluding hydrogens is 386 g/mol. The normalized spacial score (nSPS) is 12.5. The summed E-state index contributed by atoms with van der Waals surface area (Å²) in [4.78, 5) is 50.1. The van der Waals surface area contributed by atoms with Crippen molar-refractivity contribution in [2.24, 2.45) is 0 Å². The van der Waals surface area contributed by atoms with Gasteiger partial charge in [-0.15, -0.1) is 0 Å². The summed E-state index contributed by atoms with van der Waals surface area (Å²) in [6.45, 7) is 2.65. The van der Waals surface area contributed by atoms with E-state index < -0.39 is 17.9 Å². The van der Waals surface area contributed by atoms with Crippen LogP contribution in [0.2, 0.25) is 0 Å². The molecular formula is C22H23N3O5. The third-order valence-corrected chi connectivity index (χ3v) is 4.66. The maximum atomic E-state index is 12.7. The van der Waals surface area contributed by atoms with Crippen LogP contribution in [0.15, 0.2) is 48.5 Å². The minimum atomic E-state index is -0.552. The first kappa shape index (κ1) is 21.0. The van der Waals surface area contributed by atoms with Crippen LogP contribution in [0.1, 0.15) is 43.6 Å². The van der Waals surface area contributed by atoms with Gasteiger partial charge in [-0.1, -0.05) is 30.3 Å². The Bertz CT molecular complexity index is 959. The molecule has 2 N–H and O–H groups in total.